The molecular formula is C15H15Br2N3O. The van der Waals surface area contributed by atoms with Crippen molar-refractivity contribution in [2.75, 3.05) is 5.32 Å². The van der Waals surface area contributed by atoms with Gasteiger partial charge in [0.2, 0.25) is 5.91 Å². The molecule has 1 atom stereocenters. The maximum Gasteiger partial charge on any atom is 0.233 e. The van der Waals surface area contributed by atoms with Crippen LogP contribution in [0.3, 0.4) is 0 Å². The summed E-state index contributed by atoms with van der Waals surface area (Å²) in [6.45, 7) is 2.06. The highest BCUT2D eigenvalue weighted by Gasteiger charge is 2.21. The molecule has 1 unspecified atom stereocenters. The number of aromatic nitrogens is 2. The molecule has 2 heterocycles. The zero-order chi connectivity index (χ0) is 15.2. The third-order valence-corrected chi connectivity index (χ3v) is 3.86. The lowest BCUT2D eigenvalue weighted by Crippen LogP contribution is -2.22. The average Bonchev–Trinajstić information content (AvgIpc) is 2.44. The van der Waals surface area contributed by atoms with Gasteiger partial charge in [-0.1, -0.05) is 19.4 Å². The Morgan fingerprint density at radius 2 is 2.14 bits per heavy atom. The Kier molecular flexibility index (Phi) is 5.87. The highest BCUT2D eigenvalue weighted by Crippen LogP contribution is 2.25. The van der Waals surface area contributed by atoms with Gasteiger partial charge in [-0.25, -0.2) is 4.98 Å². The lowest BCUT2D eigenvalue weighted by molar-refractivity contribution is -0.117. The molecule has 4 nitrogen and oxygen atoms in total. The Labute approximate surface area is 140 Å². The molecule has 1 amide bonds. The molecule has 2 aromatic rings. The number of hydrogen-bond donors (Lipinski definition) is 1. The fourth-order valence-electron chi connectivity index (χ4n) is 2.05. The van der Waals surface area contributed by atoms with Crippen LogP contribution in [0.2, 0.25) is 0 Å². The van der Waals surface area contributed by atoms with Crippen LogP contribution in [0.1, 0.15) is 31.2 Å². The molecule has 1 N–H and O–H groups in total. The van der Waals surface area contributed by atoms with Gasteiger partial charge in [-0.2, -0.15) is 0 Å². The van der Waals surface area contributed by atoms with Crippen LogP contribution in [0.4, 0.5) is 5.82 Å². The van der Waals surface area contributed by atoms with Gasteiger partial charge in [0.25, 0.3) is 0 Å². The standard InChI is InChI=1S/C15H15Br2N3O/c1-2-4-12(10-7-11(16)9-18-8-10)15(21)20-14-6-3-5-13(17)19-14/h3,5-9,12H,2,4H2,1H3,(H,19,20,21). The summed E-state index contributed by atoms with van der Waals surface area (Å²) in [5.74, 6) is 0.238. The van der Waals surface area contributed by atoms with Gasteiger partial charge in [0, 0.05) is 16.9 Å². The van der Waals surface area contributed by atoms with Crippen molar-refractivity contribution in [3.63, 3.8) is 0 Å². The molecule has 0 aliphatic heterocycles. The molecule has 0 saturated heterocycles. The molecule has 0 aromatic carbocycles. The van der Waals surface area contributed by atoms with E-state index in [-0.39, 0.29) is 11.8 Å². The van der Waals surface area contributed by atoms with Crippen LogP contribution in [0, 0.1) is 0 Å². The second kappa shape index (κ2) is 7.66. The van der Waals surface area contributed by atoms with Gasteiger partial charge in [-0.15, -0.1) is 0 Å². The molecule has 110 valence electrons. The normalized spacial score (nSPS) is 12.0. The Morgan fingerprint density at radius 1 is 1.33 bits per heavy atom. The Hall–Kier alpha value is -1.27. The van der Waals surface area contributed by atoms with Gasteiger partial charge >= 0.3 is 0 Å². The quantitative estimate of drug-likeness (QED) is 0.734. The van der Waals surface area contributed by atoms with Crippen molar-refractivity contribution in [3.05, 3.63) is 51.3 Å². The molecule has 2 rings (SSSR count). The second-order valence-corrected chi connectivity index (χ2v) is 6.34. The average molecular weight is 413 g/mol. The van der Waals surface area contributed by atoms with E-state index in [0.717, 1.165) is 22.9 Å². The molecule has 6 heteroatoms. The van der Waals surface area contributed by atoms with Crippen molar-refractivity contribution in [1.82, 2.24) is 9.97 Å². The molecule has 0 spiro atoms. The van der Waals surface area contributed by atoms with Gasteiger partial charge in [0.05, 0.1) is 5.92 Å². The number of nitrogens with zero attached hydrogens (tertiary/aromatic N) is 2. The van der Waals surface area contributed by atoms with E-state index in [1.807, 2.05) is 18.2 Å². The topological polar surface area (TPSA) is 54.9 Å². The predicted octanol–water partition coefficient (Wildman–Crippen LogP) is 4.52. The summed E-state index contributed by atoms with van der Waals surface area (Å²) in [5.41, 5.74) is 0.902. The first-order chi connectivity index (χ1) is 10.1. The van der Waals surface area contributed by atoms with E-state index in [2.05, 4.69) is 54.1 Å². The fraction of sp³-hybridized carbons (Fsp3) is 0.267. The van der Waals surface area contributed by atoms with Crippen LogP contribution >= 0.6 is 31.9 Å². The van der Waals surface area contributed by atoms with Crippen LogP contribution in [-0.4, -0.2) is 15.9 Å². The van der Waals surface area contributed by atoms with Crippen molar-refractivity contribution in [2.45, 2.75) is 25.7 Å². The molecule has 21 heavy (non-hydrogen) atoms. The third-order valence-electron chi connectivity index (χ3n) is 2.99. The largest absolute Gasteiger partial charge is 0.310 e. The van der Waals surface area contributed by atoms with Crippen molar-refractivity contribution < 1.29 is 4.79 Å². The van der Waals surface area contributed by atoms with Crippen LogP contribution < -0.4 is 5.32 Å². The van der Waals surface area contributed by atoms with Gasteiger partial charge < -0.3 is 5.32 Å². The lowest BCUT2D eigenvalue weighted by atomic mass is 9.95. The Bertz CT molecular complexity index is 634. The van der Waals surface area contributed by atoms with Crippen molar-refractivity contribution >= 4 is 43.6 Å². The number of nitrogens with one attached hydrogen (secondary N) is 1. The highest BCUT2D eigenvalue weighted by molar-refractivity contribution is 9.10. The molecule has 0 radical (unpaired) electrons. The number of rotatable bonds is 5. The monoisotopic (exact) mass is 411 g/mol. The maximum absolute atomic E-state index is 12.5. The molecule has 0 aliphatic rings. The smallest absolute Gasteiger partial charge is 0.233 e. The van der Waals surface area contributed by atoms with Gasteiger partial charge in [-0.3, -0.25) is 9.78 Å². The van der Waals surface area contributed by atoms with Crippen molar-refractivity contribution in [2.24, 2.45) is 0 Å². The first kappa shape index (κ1) is 16.1. The lowest BCUT2D eigenvalue weighted by Gasteiger charge is -2.16. The van der Waals surface area contributed by atoms with E-state index in [1.54, 1.807) is 18.5 Å². The van der Waals surface area contributed by atoms with Gasteiger partial charge in [0.1, 0.15) is 10.4 Å². The molecule has 0 bridgehead atoms. The van der Waals surface area contributed by atoms with E-state index in [1.165, 1.54) is 0 Å². The predicted molar refractivity (Wildman–Crippen MR) is 90.2 cm³/mol. The second-order valence-electron chi connectivity index (χ2n) is 4.61. The van der Waals surface area contributed by atoms with Gasteiger partial charge in [-0.05, 0) is 62.0 Å². The number of pyridine rings is 2. The van der Waals surface area contributed by atoms with E-state index in [0.29, 0.717) is 10.4 Å². The number of halogens is 2. The van der Waals surface area contributed by atoms with Crippen molar-refractivity contribution in [3.8, 4) is 0 Å². The number of carbonyl (C=O) groups excluding carboxylic acids is 1. The SMILES string of the molecule is CCCC(C(=O)Nc1cccc(Br)n1)c1cncc(Br)c1. The minimum Gasteiger partial charge on any atom is -0.310 e. The van der Waals surface area contributed by atoms with E-state index >= 15 is 0 Å². The zero-order valence-electron chi connectivity index (χ0n) is 11.5. The van der Waals surface area contributed by atoms with E-state index in [4.69, 9.17) is 0 Å². The summed E-state index contributed by atoms with van der Waals surface area (Å²) in [6, 6.07) is 7.35. The minimum atomic E-state index is -0.235. The van der Waals surface area contributed by atoms with Crippen molar-refractivity contribution in [1.29, 1.82) is 0 Å². The molecule has 0 fully saturated rings. The van der Waals surface area contributed by atoms with Crippen LogP contribution in [0.5, 0.6) is 0 Å². The number of amides is 1. The molecule has 2 aromatic heterocycles. The summed E-state index contributed by atoms with van der Waals surface area (Å²) in [7, 11) is 0. The Balaban J connectivity index is 2.19. The summed E-state index contributed by atoms with van der Waals surface area (Å²) in [5, 5.41) is 2.86. The minimum absolute atomic E-state index is 0.0673. The van der Waals surface area contributed by atoms with Crippen LogP contribution in [0.15, 0.2) is 45.7 Å². The Morgan fingerprint density at radius 3 is 2.81 bits per heavy atom. The van der Waals surface area contributed by atoms with Gasteiger partial charge in [0.15, 0.2) is 0 Å². The third kappa shape index (κ3) is 4.61. The summed E-state index contributed by atoms with van der Waals surface area (Å²) < 4.78 is 1.56. The number of hydrogen-bond acceptors (Lipinski definition) is 3. The molecular weight excluding hydrogens is 398 g/mol. The summed E-state index contributed by atoms with van der Waals surface area (Å²) >= 11 is 6.69. The summed E-state index contributed by atoms with van der Waals surface area (Å²) in [4.78, 5) is 20.9. The van der Waals surface area contributed by atoms with E-state index < -0.39 is 0 Å². The number of carbonyl (C=O) groups is 1. The molecule has 0 saturated carbocycles. The van der Waals surface area contributed by atoms with Crippen LogP contribution in [-0.2, 0) is 4.79 Å². The van der Waals surface area contributed by atoms with Crippen LogP contribution in [0.25, 0.3) is 0 Å². The first-order valence-electron chi connectivity index (χ1n) is 6.64. The van der Waals surface area contributed by atoms with E-state index in [9.17, 15) is 4.79 Å². The first-order valence-corrected chi connectivity index (χ1v) is 8.22. The fourth-order valence-corrected chi connectivity index (χ4v) is 2.77. The maximum atomic E-state index is 12.5. The zero-order valence-corrected chi connectivity index (χ0v) is 14.7. The summed E-state index contributed by atoms with van der Waals surface area (Å²) in [6.07, 6.45) is 5.12. The molecule has 0 aliphatic carbocycles. The number of anilines is 1. The highest BCUT2D eigenvalue weighted by atomic mass is 79.9.